The number of hydrogen-bond acceptors (Lipinski definition) is 4. The van der Waals surface area contributed by atoms with Crippen LogP contribution in [0.25, 0.3) is 0 Å². The Kier molecular flexibility index (Phi) is 7.48. The van der Waals surface area contributed by atoms with E-state index in [4.69, 9.17) is 51.5 Å². The molecule has 34 heavy (non-hydrogen) atoms. The van der Waals surface area contributed by atoms with Crippen LogP contribution in [0, 0.1) is 13.8 Å². The summed E-state index contributed by atoms with van der Waals surface area (Å²) in [6.45, 7) is 3.54. The van der Waals surface area contributed by atoms with Gasteiger partial charge in [0.1, 0.15) is 0 Å². The molecule has 1 heterocycles. The summed E-state index contributed by atoms with van der Waals surface area (Å²) in [5, 5.41) is 8.63. The molecule has 1 N–H and O–H groups in total. The van der Waals surface area contributed by atoms with Gasteiger partial charge in [0.2, 0.25) is 10.0 Å². The Hall–Kier alpha value is -1.80. The number of aryl methyl sites for hydroxylation is 2. The van der Waals surface area contributed by atoms with Gasteiger partial charge in [0, 0.05) is 21.5 Å². The lowest BCUT2D eigenvalue weighted by molar-refractivity contribution is 0.585. The molecule has 0 aromatic heterocycles. The first-order chi connectivity index (χ1) is 16.0. The van der Waals surface area contributed by atoms with Crippen molar-refractivity contribution in [1.29, 1.82) is 0 Å². The van der Waals surface area contributed by atoms with E-state index in [1.54, 1.807) is 49.2 Å². The van der Waals surface area contributed by atoms with Crippen molar-refractivity contribution < 1.29 is 8.42 Å². The minimum atomic E-state index is -3.77. The molecule has 10 heteroatoms. The zero-order valence-electron chi connectivity index (χ0n) is 18.3. The van der Waals surface area contributed by atoms with Gasteiger partial charge in [0.05, 0.1) is 33.9 Å². The molecule has 0 bridgehead atoms. The van der Waals surface area contributed by atoms with Crippen molar-refractivity contribution in [2.24, 2.45) is 5.10 Å². The molecule has 0 radical (unpaired) electrons. The highest BCUT2D eigenvalue weighted by Crippen LogP contribution is 2.39. The lowest BCUT2D eigenvalue weighted by Crippen LogP contribution is -2.29. The van der Waals surface area contributed by atoms with Gasteiger partial charge in [0.25, 0.3) is 0 Å². The van der Waals surface area contributed by atoms with Crippen molar-refractivity contribution in [3.05, 3.63) is 91.4 Å². The van der Waals surface area contributed by atoms with Crippen LogP contribution < -0.4 is 9.73 Å². The Morgan fingerprint density at radius 2 is 1.59 bits per heavy atom. The summed E-state index contributed by atoms with van der Waals surface area (Å²) in [5.74, 6) is 0. The van der Waals surface area contributed by atoms with Crippen molar-refractivity contribution in [2.75, 3.05) is 11.6 Å². The Morgan fingerprint density at radius 3 is 2.26 bits per heavy atom. The van der Waals surface area contributed by atoms with Crippen LogP contribution in [0.1, 0.15) is 29.2 Å². The van der Waals surface area contributed by atoms with Crippen molar-refractivity contribution in [3.8, 4) is 0 Å². The Morgan fingerprint density at radius 1 is 0.912 bits per heavy atom. The van der Waals surface area contributed by atoms with E-state index in [1.807, 2.05) is 24.3 Å². The first-order valence-corrected chi connectivity index (χ1v) is 13.4. The standard InChI is InChI=1S/C24H21Cl4N3O2S/c1-14-10-24(15(2)9-20(14)27)34(32,33)29-13-19-12-23(16-3-5-17(25)6-4-16)31(30-19)22-8-7-18(26)11-21(22)28/h3-11,23,29H,12-13H2,1-2H3/t23-/m0/s1. The van der Waals surface area contributed by atoms with Crippen LogP contribution in [0.15, 0.2) is 64.6 Å². The Balaban J connectivity index is 1.63. The fourth-order valence-corrected chi connectivity index (χ4v) is 5.98. The topological polar surface area (TPSA) is 61.8 Å². The molecule has 1 aliphatic rings. The lowest BCUT2D eigenvalue weighted by atomic mass is 10.0. The van der Waals surface area contributed by atoms with Gasteiger partial charge >= 0.3 is 0 Å². The summed E-state index contributed by atoms with van der Waals surface area (Å²) >= 11 is 24.7. The molecule has 0 spiro atoms. The maximum atomic E-state index is 13.0. The van der Waals surface area contributed by atoms with Crippen LogP contribution in [0.3, 0.4) is 0 Å². The zero-order chi connectivity index (χ0) is 24.6. The largest absolute Gasteiger partial charge is 0.256 e. The minimum absolute atomic E-state index is 0.0508. The molecular weight excluding hydrogens is 536 g/mol. The molecule has 178 valence electrons. The number of halogens is 4. The Bertz CT molecular complexity index is 1380. The molecule has 0 unspecified atom stereocenters. The highest BCUT2D eigenvalue weighted by atomic mass is 35.5. The van der Waals surface area contributed by atoms with E-state index in [0.29, 0.717) is 49.0 Å². The molecule has 5 nitrogen and oxygen atoms in total. The molecule has 4 rings (SSSR count). The third-order valence-electron chi connectivity index (χ3n) is 5.60. The molecule has 0 fully saturated rings. The fraction of sp³-hybridized carbons (Fsp3) is 0.208. The number of hydrazone groups is 1. The summed E-state index contributed by atoms with van der Waals surface area (Å²) in [4.78, 5) is 0.194. The van der Waals surface area contributed by atoms with Crippen LogP contribution in [-0.2, 0) is 10.0 Å². The number of rotatable bonds is 6. The van der Waals surface area contributed by atoms with Gasteiger partial charge in [-0.25, -0.2) is 13.1 Å². The normalized spacial score (nSPS) is 16.1. The van der Waals surface area contributed by atoms with E-state index in [0.717, 1.165) is 5.56 Å². The predicted octanol–water partition coefficient (Wildman–Crippen LogP) is 7.20. The third-order valence-corrected chi connectivity index (χ3v) is 8.34. The summed E-state index contributed by atoms with van der Waals surface area (Å²) in [6, 6.07) is 15.7. The van der Waals surface area contributed by atoms with Crippen LogP contribution in [-0.4, -0.2) is 20.7 Å². The second kappa shape index (κ2) is 10.1. The van der Waals surface area contributed by atoms with Gasteiger partial charge in [-0.2, -0.15) is 5.10 Å². The molecule has 3 aromatic carbocycles. The number of sulfonamides is 1. The van der Waals surface area contributed by atoms with Crippen LogP contribution in [0.4, 0.5) is 5.69 Å². The average Bonchev–Trinajstić information content (AvgIpc) is 3.19. The van der Waals surface area contributed by atoms with E-state index in [-0.39, 0.29) is 17.5 Å². The number of benzene rings is 3. The van der Waals surface area contributed by atoms with Crippen molar-refractivity contribution in [2.45, 2.75) is 31.2 Å². The van der Waals surface area contributed by atoms with Crippen LogP contribution in [0.2, 0.25) is 20.1 Å². The van der Waals surface area contributed by atoms with Gasteiger partial charge in [0.15, 0.2) is 0 Å². The number of anilines is 1. The summed E-state index contributed by atoms with van der Waals surface area (Å²) in [6.07, 6.45) is 0.502. The van der Waals surface area contributed by atoms with Crippen molar-refractivity contribution >= 4 is 67.8 Å². The maximum absolute atomic E-state index is 13.0. The monoisotopic (exact) mass is 555 g/mol. The maximum Gasteiger partial charge on any atom is 0.241 e. The number of nitrogens with zero attached hydrogens (tertiary/aromatic N) is 2. The first kappa shape index (κ1) is 25.3. The molecular formula is C24H21Cl4N3O2S. The number of nitrogens with one attached hydrogen (secondary N) is 1. The van der Waals surface area contributed by atoms with E-state index in [9.17, 15) is 8.42 Å². The van der Waals surface area contributed by atoms with Crippen LogP contribution >= 0.6 is 46.4 Å². The minimum Gasteiger partial charge on any atom is -0.256 e. The lowest BCUT2D eigenvalue weighted by Gasteiger charge is -2.25. The first-order valence-electron chi connectivity index (χ1n) is 10.4. The average molecular weight is 557 g/mol. The zero-order valence-corrected chi connectivity index (χ0v) is 22.2. The van der Waals surface area contributed by atoms with E-state index in [1.165, 1.54) is 0 Å². The molecule has 0 aliphatic carbocycles. The molecule has 0 saturated carbocycles. The second-order valence-electron chi connectivity index (χ2n) is 8.07. The fourth-order valence-electron chi connectivity index (χ4n) is 3.81. The predicted molar refractivity (Wildman–Crippen MR) is 141 cm³/mol. The summed E-state index contributed by atoms with van der Waals surface area (Å²) < 4.78 is 28.7. The van der Waals surface area contributed by atoms with Crippen molar-refractivity contribution in [1.82, 2.24) is 4.72 Å². The second-order valence-corrected chi connectivity index (χ2v) is 11.5. The highest BCUT2D eigenvalue weighted by Gasteiger charge is 2.31. The molecule has 0 saturated heterocycles. The van der Waals surface area contributed by atoms with E-state index in [2.05, 4.69) is 4.72 Å². The van der Waals surface area contributed by atoms with Crippen molar-refractivity contribution in [3.63, 3.8) is 0 Å². The molecule has 1 atom stereocenters. The van der Waals surface area contributed by atoms with Crippen LogP contribution in [0.5, 0.6) is 0 Å². The molecule has 1 aliphatic heterocycles. The van der Waals surface area contributed by atoms with Gasteiger partial charge in [-0.3, -0.25) is 5.01 Å². The Labute approximate surface area is 219 Å². The summed E-state index contributed by atoms with van der Waals surface area (Å²) in [5.41, 5.74) is 3.58. The van der Waals surface area contributed by atoms with Gasteiger partial charge in [-0.1, -0.05) is 58.5 Å². The van der Waals surface area contributed by atoms with Gasteiger partial charge < -0.3 is 0 Å². The molecule has 0 amide bonds. The smallest absolute Gasteiger partial charge is 0.241 e. The molecule has 3 aromatic rings. The van der Waals surface area contributed by atoms with E-state index >= 15 is 0 Å². The SMILES string of the molecule is Cc1cc(S(=O)(=O)NCC2=NN(c3ccc(Cl)cc3Cl)[C@H](c3ccc(Cl)cc3)C2)c(C)cc1Cl. The van der Waals surface area contributed by atoms with Gasteiger partial charge in [-0.05, 0) is 73.0 Å². The number of hydrogen-bond donors (Lipinski definition) is 1. The summed E-state index contributed by atoms with van der Waals surface area (Å²) in [7, 11) is -3.77. The quantitative estimate of drug-likeness (QED) is 0.349. The third kappa shape index (κ3) is 5.38. The van der Waals surface area contributed by atoms with E-state index < -0.39 is 10.0 Å². The van der Waals surface area contributed by atoms with Gasteiger partial charge in [-0.15, -0.1) is 0 Å². The highest BCUT2D eigenvalue weighted by molar-refractivity contribution is 7.89.